The van der Waals surface area contributed by atoms with Gasteiger partial charge in [0, 0.05) is 10.6 Å². The average Bonchev–Trinajstić information content (AvgIpc) is 2.32. The van der Waals surface area contributed by atoms with Crippen LogP contribution in [0.1, 0.15) is 24.1 Å². The number of halogens is 2. The van der Waals surface area contributed by atoms with E-state index in [1.165, 1.54) is 12.1 Å². The number of aryl methyl sites for hydroxylation is 1. The lowest BCUT2D eigenvalue weighted by Gasteiger charge is -2.18. The minimum Gasteiger partial charge on any atom is -0.507 e. The van der Waals surface area contributed by atoms with E-state index in [0.717, 1.165) is 0 Å². The second-order valence-electron chi connectivity index (χ2n) is 3.84. The fraction of sp³-hybridized carbons (Fsp3) is 0.417. The second-order valence-corrected chi connectivity index (χ2v) is 4.28. The van der Waals surface area contributed by atoms with Crippen molar-refractivity contribution in [2.75, 3.05) is 6.61 Å². The summed E-state index contributed by atoms with van der Waals surface area (Å²) in [6.07, 6.45) is -2.05. The summed E-state index contributed by atoms with van der Waals surface area (Å²) in [5, 5.41) is 10.1. The Kier molecular flexibility index (Phi) is 4.93. The van der Waals surface area contributed by atoms with Crippen molar-refractivity contribution in [2.24, 2.45) is 5.73 Å². The number of esters is 1. The molecule has 0 amide bonds. The molecule has 2 atom stereocenters. The molecule has 1 aromatic rings. The third-order valence-electron chi connectivity index (χ3n) is 2.48. The average molecular weight is 276 g/mol. The van der Waals surface area contributed by atoms with Gasteiger partial charge in [0.2, 0.25) is 6.17 Å². The van der Waals surface area contributed by atoms with Gasteiger partial charge < -0.3 is 15.6 Å². The fourth-order valence-electron chi connectivity index (χ4n) is 1.54. The first-order valence-corrected chi connectivity index (χ1v) is 5.81. The summed E-state index contributed by atoms with van der Waals surface area (Å²) in [4.78, 5) is 11.2. The molecule has 3 N–H and O–H groups in total. The summed E-state index contributed by atoms with van der Waals surface area (Å²) < 4.78 is 18.3. The van der Waals surface area contributed by atoms with Crippen LogP contribution in [0.2, 0.25) is 5.02 Å². The molecule has 1 aromatic carbocycles. The predicted octanol–water partition coefficient (Wildman–Crippen LogP) is 2.26. The predicted molar refractivity (Wildman–Crippen MR) is 66.3 cm³/mol. The fourth-order valence-corrected chi connectivity index (χ4v) is 1.82. The summed E-state index contributed by atoms with van der Waals surface area (Å²) >= 11 is 5.81. The number of phenols is 1. The minimum absolute atomic E-state index is 0.0620. The van der Waals surface area contributed by atoms with Gasteiger partial charge in [-0.15, -0.1) is 0 Å². The maximum Gasteiger partial charge on any atom is 0.342 e. The van der Waals surface area contributed by atoms with Gasteiger partial charge in [0.25, 0.3) is 0 Å². The Bertz CT molecular complexity index is 453. The molecule has 0 bridgehead atoms. The molecule has 0 aliphatic carbocycles. The molecular weight excluding hydrogens is 261 g/mol. The van der Waals surface area contributed by atoms with Gasteiger partial charge in [-0.2, -0.15) is 0 Å². The van der Waals surface area contributed by atoms with Crippen LogP contribution in [-0.4, -0.2) is 23.9 Å². The molecule has 0 saturated carbocycles. The van der Waals surface area contributed by atoms with Crippen molar-refractivity contribution in [3.05, 3.63) is 28.3 Å². The Morgan fingerprint density at radius 1 is 1.61 bits per heavy atom. The van der Waals surface area contributed by atoms with E-state index in [-0.39, 0.29) is 17.9 Å². The zero-order valence-corrected chi connectivity index (χ0v) is 10.9. The van der Waals surface area contributed by atoms with Gasteiger partial charge in [-0.3, -0.25) is 0 Å². The molecule has 6 heteroatoms. The highest BCUT2D eigenvalue weighted by Crippen LogP contribution is 2.32. The normalized spacial score (nSPS) is 14.1. The van der Waals surface area contributed by atoms with Crippen molar-refractivity contribution < 1.29 is 19.0 Å². The van der Waals surface area contributed by atoms with E-state index in [2.05, 4.69) is 4.74 Å². The highest BCUT2D eigenvalue weighted by atomic mass is 35.5. The number of ether oxygens (including phenoxy) is 1. The Morgan fingerprint density at radius 3 is 2.78 bits per heavy atom. The molecule has 0 saturated heterocycles. The van der Waals surface area contributed by atoms with Gasteiger partial charge in [0.15, 0.2) is 0 Å². The maximum atomic E-state index is 13.8. The van der Waals surface area contributed by atoms with E-state index < -0.39 is 18.2 Å². The van der Waals surface area contributed by atoms with Gasteiger partial charge in [0.05, 0.1) is 12.6 Å². The molecule has 100 valence electrons. The molecule has 18 heavy (non-hydrogen) atoms. The molecule has 0 fully saturated rings. The minimum atomic E-state index is -2.05. The molecule has 0 aliphatic rings. The Hall–Kier alpha value is -1.33. The Labute approximate surface area is 109 Å². The number of carbonyl (C=O) groups is 1. The zero-order chi connectivity index (χ0) is 13.9. The number of benzene rings is 1. The molecular formula is C12H15ClFNO3. The van der Waals surface area contributed by atoms with E-state index in [4.69, 9.17) is 17.3 Å². The quantitative estimate of drug-likeness (QED) is 0.827. The molecule has 1 unspecified atom stereocenters. The number of hydrogen-bond acceptors (Lipinski definition) is 4. The molecule has 0 spiro atoms. The van der Waals surface area contributed by atoms with Crippen LogP contribution in [0, 0.1) is 6.92 Å². The zero-order valence-electron chi connectivity index (χ0n) is 10.1. The lowest BCUT2D eigenvalue weighted by Crippen LogP contribution is -2.31. The van der Waals surface area contributed by atoms with Crippen LogP contribution in [0.5, 0.6) is 5.75 Å². The molecule has 0 aliphatic heterocycles. The van der Waals surface area contributed by atoms with Crippen LogP contribution in [0.3, 0.4) is 0 Å². The Balaban J connectivity index is 3.03. The number of aromatic hydroxyl groups is 1. The van der Waals surface area contributed by atoms with Crippen molar-refractivity contribution in [1.29, 1.82) is 0 Å². The van der Waals surface area contributed by atoms with Gasteiger partial charge in [-0.25, -0.2) is 9.18 Å². The second kappa shape index (κ2) is 6.02. The van der Waals surface area contributed by atoms with E-state index in [0.29, 0.717) is 10.6 Å². The van der Waals surface area contributed by atoms with Crippen molar-refractivity contribution in [1.82, 2.24) is 0 Å². The Morgan fingerprint density at radius 2 is 2.22 bits per heavy atom. The summed E-state index contributed by atoms with van der Waals surface area (Å²) in [6.45, 7) is 3.23. The third kappa shape index (κ3) is 3.11. The SMILES string of the molecule is CCOC(=O)C(F)[C@@H](N)c1cc(Cl)cc(C)c1O. The van der Waals surface area contributed by atoms with E-state index in [1.54, 1.807) is 13.8 Å². The van der Waals surface area contributed by atoms with Gasteiger partial charge >= 0.3 is 5.97 Å². The van der Waals surface area contributed by atoms with Crippen LogP contribution < -0.4 is 5.73 Å². The topological polar surface area (TPSA) is 72.5 Å². The van der Waals surface area contributed by atoms with Crippen molar-refractivity contribution in [3.63, 3.8) is 0 Å². The number of rotatable bonds is 4. The van der Waals surface area contributed by atoms with Crippen LogP contribution >= 0.6 is 11.6 Å². The number of alkyl halides is 1. The lowest BCUT2D eigenvalue weighted by molar-refractivity contribution is -0.149. The summed E-state index contributed by atoms with van der Waals surface area (Å²) in [5.41, 5.74) is 6.16. The van der Waals surface area contributed by atoms with E-state index >= 15 is 0 Å². The summed E-state index contributed by atoms with van der Waals surface area (Å²) in [6, 6.07) is 1.53. The standard InChI is InChI=1S/C12H15ClFNO3/c1-3-18-12(17)9(14)10(15)8-5-7(13)4-6(2)11(8)16/h4-5,9-10,16H,3,15H2,1-2H3/t9?,10-/m0/s1. The first kappa shape index (κ1) is 14.7. The number of carbonyl (C=O) groups excluding carboxylic acids is 1. The lowest BCUT2D eigenvalue weighted by atomic mass is 9.99. The highest BCUT2D eigenvalue weighted by Gasteiger charge is 2.30. The van der Waals surface area contributed by atoms with Gasteiger partial charge in [0.1, 0.15) is 5.75 Å². The maximum absolute atomic E-state index is 13.8. The largest absolute Gasteiger partial charge is 0.507 e. The first-order chi connectivity index (χ1) is 8.38. The first-order valence-electron chi connectivity index (χ1n) is 5.43. The van der Waals surface area contributed by atoms with Gasteiger partial charge in [-0.05, 0) is 31.5 Å². The summed E-state index contributed by atoms with van der Waals surface area (Å²) in [7, 11) is 0. The van der Waals surface area contributed by atoms with Crippen molar-refractivity contribution in [3.8, 4) is 5.75 Å². The van der Waals surface area contributed by atoms with Crippen molar-refractivity contribution in [2.45, 2.75) is 26.1 Å². The molecule has 0 aromatic heterocycles. The third-order valence-corrected chi connectivity index (χ3v) is 2.70. The van der Waals surface area contributed by atoms with E-state index in [1.807, 2.05) is 0 Å². The number of phenolic OH excluding ortho intramolecular Hbond substituents is 1. The van der Waals surface area contributed by atoms with Crippen molar-refractivity contribution >= 4 is 17.6 Å². The number of nitrogens with two attached hydrogens (primary N) is 1. The highest BCUT2D eigenvalue weighted by molar-refractivity contribution is 6.30. The van der Waals surface area contributed by atoms with Crippen LogP contribution in [0.15, 0.2) is 12.1 Å². The molecule has 0 radical (unpaired) electrons. The smallest absolute Gasteiger partial charge is 0.342 e. The molecule has 4 nitrogen and oxygen atoms in total. The van der Waals surface area contributed by atoms with Crippen LogP contribution in [-0.2, 0) is 9.53 Å². The monoisotopic (exact) mass is 275 g/mol. The molecule has 0 heterocycles. The summed E-state index contributed by atoms with van der Waals surface area (Å²) in [5.74, 6) is -1.22. The van der Waals surface area contributed by atoms with Gasteiger partial charge in [-0.1, -0.05) is 11.6 Å². The number of hydrogen-bond donors (Lipinski definition) is 2. The van der Waals surface area contributed by atoms with E-state index in [9.17, 15) is 14.3 Å². The molecule has 1 rings (SSSR count). The van der Waals surface area contributed by atoms with Crippen LogP contribution in [0.25, 0.3) is 0 Å². The van der Waals surface area contributed by atoms with Crippen LogP contribution in [0.4, 0.5) is 4.39 Å².